The number of nitrogens with one attached hydrogen (secondary N) is 1. The van der Waals surface area contributed by atoms with Gasteiger partial charge in [-0.05, 0) is 61.8 Å². The van der Waals surface area contributed by atoms with Gasteiger partial charge in [0.15, 0.2) is 0 Å². The molecular formula is C18H29N. The Morgan fingerprint density at radius 1 is 1.11 bits per heavy atom. The van der Waals surface area contributed by atoms with Crippen LogP contribution in [0, 0.1) is 0 Å². The molecule has 0 fully saturated rings. The maximum Gasteiger partial charge on any atom is 0.0107 e. The van der Waals surface area contributed by atoms with E-state index < -0.39 is 0 Å². The average Bonchev–Trinajstić information content (AvgIpc) is 2.89. The van der Waals surface area contributed by atoms with Crippen molar-refractivity contribution >= 4 is 0 Å². The highest BCUT2D eigenvalue weighted by Gasteiger charge is 2.13. The van der Waals surface area contributed by atoms with E-state index in [1.165, 1.54) is 56.9 Å². The van der Waals surface area contributed by atoms with Crippen molar-refractivity contribution in [2.24, 2.45) is 0 Å². The van der Waals surface area contributed by atoms with Crippen molar-refractivity contribution in [1.29, 1.82) is 0 Å². The van der Waals surface area contributed by atoms with E-state index in [4.69, 9.17) is 0 Å². The van der Waals surface area contributed by atoms with Gasteiger partial charge in [0.05, 0.1) is 0 Å². The van der Waals surface area contributed by atoms with Gasteiger partial charge in [-0.2, -0.15) is 0 Å². The smallest absolute Gasteiger partial charge is 0.0107 e. The molecule has 0 aliphatic heterocycles. The zero-order valence-electron chi connectivity index (χ0n) is 12.7. The van der Waals surface area contributed by atoms with Gasteiger partial charge in [-0.1, -0.05) is 44.9 Å². The van der Waals surface area contributed by atoms with E-state index >= 15 is 0 Å². The van der Waals surface area contributed by atoms with Crippen LogP contribution in [-0.4, -0.2) is 12.6 Å². The molecule has 0 radical (unpaired) electrons. The van der Waals surface area contributed by atoms with Crippen LogP contribution >= 0.6 is 0 Å². The Balaban J connectivity index is 1.95. The molecule has 0 heterocycles. The Hall–Kier alpha value is -0.820. The standard InChI is InChI=1S/C18H29N/c1-3-5-9-18(19-12-4-2)14-15-10-11-16-7-6-8-17(16)13-15/h10-11,13,18-19H,3-9,12,14H2,1-2H3. The van der Waals surface area contributed by atoms with Crippen molar-refractivity contribution in [3.63, 3.8) is 0 Å². The molecule has 0 amide bonds. The molecule has 2 rings (SSSR count). The van der Waals surface area contributed by atoms with Gasteiger partial charge in [0.2, 0.25) is 0 Å². The topological polar surface area (TPSA) is 12.0 Å². The Kier molecular flexibility index (Phi) is 5.91. The second-order valence-electron chi connectivity index (χ2n) is 5.95. The first kappa shape index (κ1) is 14.6. The molecule has 1 unspecified atom stereocenters. The van der Waals surface area contributed by atoms with Crippen molar-refractivity contribution in [3.8, 4) is 0 Å². The Labute approximate surface area is 118 Å². The Bertz CT molecular complexity index is 375. The van der Waals surface area contributed by atoms with Crippen LogP contribution in [0.1, 0.15) is 62.6 Å². The molecule has 1 aliphatic carbocycles. The molecule has 1 aromatic rings. The van der Waals surface area contributed by atoms with Crippen molar-refractivity contribution in [3.05, 3.63) is 34.9 Å². The first-order valence-corrected chi connectivity index (χ1v) is 8.17. The number of hydrogen-bond acceptors (Lipinski definition) is 1. The van der Waals surface area contributed by atoms with Crippen molar-refractivity contribution in [1.82, 2.24) is 5.32 Å². The van der Waals surface area contributed by atoms with Crippen LogP contribution in [0.3, 0.4) is 0 Å². The third kappa shape index (κ3) is 4.35. The lowest BCUT2D eigenvalue weighted by atomic mass is 9.98. The largest absolute Gasteiger partial charge is 0.314 e. The molecule has 19 heavy (non-hydrogen) atoms. The van der Waals surface area contributed by atoms with E-state index in [0.29, 0.717) is 6.04 Å². The summed E-state index contributed by atoms with van der Waals surface area (Å²) in [4.78, 5) is 0. The second kappa shape index (κ2) is 7.69. The first-order chi connectivity index (χ1) is 9.33. The number of hydrogen-bond donors (Lipinski definition) is 1. The van der Waals surface area contributed by atoms with E-state index in [1.54, 1.807) is 11.1 Å². The fraction of sp³-hybridized carbons (Fsp3) is 0.667. The first-order valence-electron chi connectivity index (χ1n) is 8.17. The average molecular weight is 259 g/mol. The lowest BCUT2D eigenvalue weighted by Gasteiger charge is -2.19. The van der Waals surface area contributed by atoms with Crippen molar-refractivity contribution < 1.29 is 0 Å². The van der Waals surface area contributed by atoms with Crippen LogP contribution < -0.4 is 5.32 Å². The van der Waals surface area contributed by atoms with E-state index in [0.717, 1.165) is 6.54 Å². The summed E-state index contributed by atoms with van der Waals surface area (Å²) in [6.07, 6.45) is 10.3. The lowest BCUT2D eigenvalue weighted by molar-refractivity contribution is 0.462. The maximum atomic E-state index is 3.72. The zero-order valence-corrected chi connectivity index (χ0v) is 12.7. The minimum absolute atomic E-state index is 0.666. The molecule has 1 aliphatic rings. The summed E-state index contributed by atoms with van der Waals surface area (Å²) in [5, 5.41) is 3.72. The molecule has 1 heteroatoms. The summed E-state index contributed by atoms with van der Waals surface area (Å²) < 4.78 is 0. The predicted octanol–water partition coefficient (Wildman–Crippen LogP) is 4.28. The minimum atomic E-state index is 0.666. The van der Waals surface area contributed by atoms with Gasteiger partial charge in [-0.15, -0.1) is 0 Å². The van der Waals surface area contributed by atoms with Gasteiger partial charge >= 0.3 is 0 Å². The summed E-state index contributed by atoms with van der Waals surface area (Å²) in [5.74, 6) is 0. The monoisotopic (exact) mass is 259 g/mol. The van der Waals surface area contributed by atoms with Crippen molar-refractivity contribution in [2.75, 3.05) is 6.54 Å². The van der Waals surface area contributed by atoms with Crippen LogP contribution in [0.4, 0.5) is 0 Å². The highest BCUT2D eigenvalue weighted by Crippen LogP contribution is 2.23. The number of aryl methyl sites for hydroxylation is 2. The van der Waals surface area contributed by atoms with Gasteiger partial charge in [0, 0.05) is 6.04 Å². The quantitative estimate of drug-likeness (QED) is 0.735. The summed E-state index contributed by atoms with van der Waals surface area (Å²) in [6, 6.07) is 7.86. The SMILES string of the molecule is CCCCC(Cc1ccc2c(c1)CCC2)NCCC. The number of benzene rings is 1. The summed E-state index contributed by atoms with van der Waals surface area (Å²) in [7, 11) is 0. The van der Waals surface area contributed by atoms with Gasteiger partial charge < -0.3 is 5.32 Å². The van der Waals surface area contributed by atoms with Gasteiger partial charge in [0.1, 0.15) is 0 Å². The molecular weight excluding hydrogens is 230 g/mol. The second-order valence-corrected chi connectivity index (χ2v) is 5.95. The van der Waals surface area contributed by atoms with Crippen molar-refractivity contribution in [2.45, 2.75) is 71.3 Å². The van der Waals surface area contributed by atoms with Crippen LogP contribution in [0.15, 0.2) is 18.2 Å². The summed E-state index contributed by atoms with van der Waals surface area (Å²) in [5.41, 5.74) is 4.74. The van der Waals surface area contributed by atoms with Gasteiger partial charge in [-0.25, -0.2) is 0 Å². The highest BCUT2D eigenvalue weighted by molar-refractivity contribution is 5.35. The summed E-state index contributed by atoms with van der Waals surface area (Å²) in [6.45, 7) is 5.69. The minimum Gasteiger partial charge on any atom is -0.314 e. The summed E-state index contributed by atoms with van der Waals surface area (Å²) >= 11 is 0. The van der Waals surface area contributed by atoms with Crippen LogP contribution in [-0.2, 0) is 19.3 Å². The molecule has 0 aromatic heterocycles. The highest BCUT2D eigenvalue weighted by atomic mass is 14.9. The molecule has 0 saturated heterocycles. The van der Waals surface area contributed by atoms with Gasteiger partial charge in [-0.3, -0.25) is 0 Å². The molecule has 0 saturated carbocycles. The molecule has 0 spiro atoms. The van der Waals surface area contributed by atoms with E-state index in [1.807, 2.05) is 0 Å². The van der Waals surface area contributed by atoms with E-state index in [9.17, 15) is 0 Å². The van der Waals surface area contributed by atoms with Crippen LogP contribution in [0.25, 0.3) is 0 Å². The Morgan fingerprint density at radius 3 is 2.74 bits per heavy atom. The van der Waals surface area contributed by atoms with E-state index in [2.05, 4.69) is 37.4 Å². The number of unbranched alkanes of at least 4 members (excludes halogenated alkanes) is 1. The van der Waals surface area contributed by atoms with Crippen LogP contribution in [0.5, 0.6) is 0 Å². The predicted molar refractivity (Wildman–Crippen MR) is 83.8 cm³/mol. The third-order valence-electron chi connectivity index (χ3n) is 4.23. The maximum absolute atomic E-state index is 3.72. The Morgan fingerprint density at radius 2 is 1.95 bits per heavy atom. The van der Waals surface area contributed by atoms with Crippen LogP contribution in [0.2, 0.25) is 0 Å². The molecule has 106 valence electrons. The number of fused-ring (bicyclic) bond motifs is 1. The fourth-order valence-corrected chi connectivity index (χ4v) is 3.11. The molecule has 1 aromatic carbocycles. The zero-order chi connectivity index (χ0) is 13.5. The number of rotatable bonds is 8. The molecule has 0 bridgehead atoms. The lowest BCUT2D eigenvalue weighted by Crippen LogP contribution is -2.31. The molecule has 1 nitrogen and oxygen atoms in total. The third-order valence-corrected chi connectivity index (χ3v) is 4.23. The van der Waals surface area contributed by atoms with Gasteiger partial charge in [0.25, 0.3) is 0 Å². The molecule has 1 atom stereocenters. The van der Waals surface area contributed by atoms with E-state index in [-0.39, 0.29) is 0 Å². The normalized spacial score (nSPS) is 15.5. The molecule has 1 N–H and O–H groups in total. The fourth-order valence-electron chi connectivity index (χ4n) is 3.11.